The van der Waals surface area contributed by atoms with E-state index in [2.05, 4.69) is 7.11 Å². The van der Waals surface area contributed by atoms with Crippen LogP contribution in [0.1, 0.15) is 5.56 Å². The summed E-state index contributed by atoms with van der Waals surface area (Å²) in [4.78, 5) is 0. The summed E-state index contributed by atoms with van der Waals surface area (Å²) in [5.41, 5.74) is 0.816. The fraction of sp³-hybridized carbons (Fsp3) is 0.364. The summed E-state index contributed by atoms with van der Waals surface area (Å²) < 4.78 is 20.4. The van der Waals surface area contributed by atoms with Crippen LogP contribution in [0, 0.1) is 7.11 Å². The smallest absolute Gasteiger partial charge is 0.131 e. The maximum Gasteiger partial charge on any atom is 0.131 e. The Labute approximate surface area is 89.7 Å². The molecule has 1 rings (SSSR count). The SMILES string of the molecule is [CH2]OCc1c(OC)cc(OC)cc1OC. The minimum atomic E-state index is 0.330. The molecule has 0 aliphatic rings. The van der Waals surface area contributed by atoms with Crippen molar-refractivity contribution in [3.05, 3.63) is 24.8 Å². The number of rotatable bonds is 5. The maximum atomic E-state index is 5.22. The molecule has 0 saturated heterocycles. The number of hydrogen-bond donors (Lipinski definition) is 0. The van der Waals surface area contributed by atoms with E-state index in [1.165, 1.54) is 0 Å². The van der Waals surface area contributed by atoms with Gasteiger partial charge < -0.3 is 18.9 Å². The molecule has 0 aromatic heterocycles. The normalized spacial score (nSPS) is 9.87. The van der Waals surface area contributed by atoms with Crippen LogP contribution in [0.5, 0.6) is 17.2 Å². The molecule has 15 heavy (non-hydrogen) atoms. The van der Waals surface area contributed by atoms with E-state index in [-0.39, 0.29) is 0 Å². The number of hydrogen-bond acceptors (Lipinski definition) is 4. The predicted octanol–water partition coefficient (Wildman–Crippen LogP) is 2.02. The van der Waals surface area contributed by atoms with Crippen molar-refractivity contribution in [3.8, 4) is 17.2 Å². The first-order valence-corrected chi connectivity index (χ1v) is 4.42. The average molecular weight is 211 g/mol. The zero-order valence-corrected chi connectivity index (χ0v) is 9.20. The van der Waals surface area contributed by atoms with Gasteiger partial charge in [-0.2, -0.15) is 0 Å². The molecule has 0 saturated carbocycles. The Hall–Kier alpha value is -1.42. The van der Waals surface area contributed by atoms with Crippen LogP contribution in [-0.2, 0) is 11.3 Å². The highest BCUT2D eigenvalue weighted by Crippen LogP contribution is 2.34. The van der Waals surface area contributed by atoms with Crippen molar-refractivity contribution in [1.82, 2.24) is 0 Å². The Bertz CT molecular complexity index is 297. The van der Waals surface area contributed by atoms with E-state index in [1.54, 1.807) is 33.5 Å². The van der Waals surface area contributed by atoms with Crippen LogP contribution in [0.15, 0.2) is 12.1 Å². The molecule has 0 heterocycles. The molecule has 0 amide bonds. The molecule has 1 aromatic carbocycles. The molecule has 0 N–H and O–H groups in total. The summed E-state index contributed by atoms with van der Waals surface area (Å²) in [7, 11) is 8.09. The molecular weight excluding hydrogens is 196 g/mol. The fourth-order valence-electron chi connectivity index (χ4n) is 1.32. The van der Waals surface area contributed by atoms with Crippen molar-refractivity contribution in [2.75, 3.05) is 21.3 Å². The van der Waals surface area contributed by atoms with Crippen molar-refractivity contribution < 1.29 is 18.9 Å². The zero-order chi connectivity index (χ0) is 11.3. The molecule has 0 bridgehead atoms. The van der Waals surface area contributed by atoms with E-state index in [4.69, 9.17) is 18.9 Å². The molecule has 0 atom stereocenters. The van der Waals surface area contributed by atoms with Crippen LogP contribution in [0.3, 0.4) is 0 Å². The largest absolute Gasteiger partial charge is 0.496 e. The summed E-state index contributed by atoms with van der Waals surface area (Å²) in [6, 6.07) is 3.55. The molecule has 0 spiro atoms. The highest BCUT2D eigenvalue weighted by Gasteiger charge is 2.12. The van der Waals surface area contributed by atoms with E-state index in [0.29, 0.717) is 23.9 Å². The highest BCUT2D eigenvalue weighted by molar-refractivity contribution is 5.50. The van der Waals surface area contributed by atoms with Gasteiger partial charge in [-0.1, -0.05) is 0 Å². The topological polar surface area (TPSA) is 36.9 Å². The summed E-state index contributed by atoms with van der Waals surface area (Å²) >= 11 is 0. The van der Waals surface area contributed by atoms with Crippen molar-refractivity contribution in [1.29, 1.82) is 0 Å². The van der Waals surface area contributed by atoms with Crippen LogP contribution in [-0.4, -0.2) is 21.3 Å². The van der Waals surface area contributed by atoms with Gasteiger partial charge in [-0.15, -0.1) is 0 Å². The van der Waals surface area contributed by atoms with Crippen LogP contribution >= 0.6 is 0 Å². The molecule has 0 unspecified atom stereocenters. The lowest BCUT2D eigenvalue weighted by Crippen LogP contribution is -1.99. The van der Waals surface area contributed by atoms with E-state index in [9.17, 15) is 0 Å². The van der Waals surface area contributed by atoms with Crippen LogP contribution in [0.2, 0.25) is 0 Å². The van der Waals surface area contributed by atoms with Crippen LogP contribution < -0.4 is 14.2 Å². The first-order chi connectivity index (χ1) is 7.26. The predicted molar refractivity (Wildman–Crippen MR) is 56.2 cm³/mol. The Morgan fingerprint density at radius 3 is 1.87 bits per heavy atom. The second kappa shape index (κ2) is 5.46. The average Bonchev–Trinajstić information content (AvgIpc) is 2.29. The second-order valence-electron chi connectivity index (χ2n) is 2.86. The Balaban J connectivity index is 3.19. The number of ether oxygens (including phenoxy) is 4. The summed E-state index contributed by atoms with van der Waals surface area (Å²) in [5.74, 6) is 2.00. The Morgan fingerprint density at radius 2 is 1.53 bits per heavy atom. The Kier molecular flexibility index (Phi) is 4.24. The van der Waals surface area contributed by atoms with Crippen molar-refractivity contribution in [3.63, 3.8) is 0 Å². The summed E-state index contributed by atoms with van der Waals surface area (Å²) in [6.07, 6.45) is 0. The molecule has 1 radical (unpaired) electrons. The molecule has 4 nitrogen and oxygen atoms in total. The van der Waals surface area contributed by atoms with Gasteiger partial charge in [-0.25, -0.2) is 0 Å². The molecule has 83 valence electrons. The van der Waals surface area contributed by atoms with Gasteiger partial charge in [0.1, 0.15) is 17.2 Å². The van der Waals surface area contributed by atoms with Crippen LogP contribution in [0.4, 0.5) is 0 Å². The lowest BCUT2D eigenvalue weighted by Gasteiger charge is -2.14. The zero-order valence-electron chi connectivity index (χ0n) is 9.20. The third-order valence-electron chi connectivity index (χ3n) is 2.06. The van der Waals surface area contributed by atoms with Crippen molar-refractivity contribution in [2.24, 2.45) is 0 Å². The number of methoxy groups -OCH3 is 3. The lowest BCUT2D eigenvalue weighted by atomic mass is 10.1. The van der Waals surface area contributed by atoms with Gasteiger partial charge in [0.25, 0.3) is 0 Å². The summed E-state index contributed by atoms with van der Waals surface area (Å²) in [5, 5.41) is 0. The van der Waals surface area contributed by atoms with Gasteiger partial charge >= 0.3 is 0 Å². The molecule has 0 aliphatic carbocycles. The first-order valence-electron chi connectivity index (χ1n) is 4.42. The second-order valence-corrected chi connectivity index (χ2v) is 2.86. The lowest BCUT2D eigenvalue weighted by molar-refractivity contribution is 0.218. The molecule has 0 fully saturated rings. The van der Waals surface area contributed by atoms with Crippen LogP contribution in [0.25, 0.3) is 0 Å². The van der Waals surface area contributed by atoms with Gasteiger partial charge in [0.2, 0.25) is 0 Å². The molecular formula is C11H15O4. The van der Waals surface area contributed by atoms with E-state index in [0.717, 1.165) is 5.56 Å². The molecule has 0 aliphatic heterocycles. The quantitative estimate of drug-likeness (QED) is 0.746. The van der Waals surface area contributed by atoms with Gasteiger partial charge in [-0.05, 0) is 0 Å². The monoisotopic (exact) mass is 211 g/mol. The van der Waals surface area contributed by atoms with Gasteiger partial charge in [0.15, 0.2) is 0 Å². The maximum absolute atomic E-state index is 5.22. The minimum Gasteiger partial charge on any atom is -0.496 e. The van der Waals surface area contributed by atoms with E-state index in [1.807, 2.05) is 0 Å². The number of benzene rings is 1. The minimum absolute atomic E-state index is 0.330. The fourth-order valence-corrected chi connectivity index (χ4v) is 1.32. The van der Waals surface area contributed by atoms with Gasteiger partial charge in [0.05, 0.1) is 40.6 Å². The first kappa shape index (κ1) is 11.7. The molecule has 1 aromatic rings. The van der Waals surface area contributed by atoms with Gasteiger partial charge in [-0.3, -0.25) is 0 Å². The van der Waals surface area contributed by atoms with Crippen molar-refractivity contribution in [2.45, 2.75) is 6.61 Å². The standard InChI is InChI=1S/C11H15O4/c1-12-7-9-10(14-3)5-8(13-2)6-11(9)15-4/h5-6H,1,7H2,2-4H3. The molecule has 4 heteroatoms. The van der Waals surface area contributed by atoms with Gasteiger partial charge in [0, 0.05) is 12.1 Å². The van der Waals surface area contributed by atoms with Crippen molar-refractivity contribution >= 4 is 0 Å². The highest BCUT2D eigenvalue weighted by atomic mass is 16.5. The van der Waals surface area contributed by atoms with E-state index >= 15 is 0 Å². The summed E-state index contributed by atoms with van der Waals surface area (Å²) in [6.45, 7) is 0.330. The Morgan fingerprint density at radius 1 is 1.00 bits per heavy atom. The third-order valence-corrected chi connectivity index (χ3v) is 2.06. The third kappa shape index (κ3) is 2.53. The van der Waals surface area contributed by atoms with E-state index < -0.39 is 0 Å².